The third kappa shape index (κ3) is 3.16. The molecule has 0 aliphatic carbocycles. The molecule has 7 nitrogen and oxygen atoms in total. The van der Waals surface area contributed by atoms with E-state index in [9.17, 15) is 25.3 Å². The molecular formula is C13H9BrN2O5. The first kappa shape index (κ1) is 14.9. The van der Waals surface area contributed by atoms with Crippen LogP contribution in [0.25, 0.3) is 0 Å². The summed E-state index contributed by atoms with van der Waals surface area (Å²) in [6.07, 6.45) is -0.105. The van der Waals surface area contributed by atoms with Crippen LogP contribution in [-0.4, -0.2) is 15.0 Å². The molecule has 108 valence electrons. The summed E-state index contributed by atoms with van der Waals surface area (Å²) < 4.78 is 0.640. The molecule has 2 aromatic carbocycles. The van der Waals surface area contributed by atoms with Gasteiger partial charge in [0.05, 0.1) is 9.85 Å². The van der Waals surface area contributed by atoms with Gasteiger partial charge in [0, 0.05) is 23.0 Å². The Labute approximate surface area is 127 Å². The normalized spacial score (nSPS) is 10.3. The molecule has 1 N–H and O–H groups in total. The molecule has 0 heterocycles. The molecule has 0 saturated carbocycles. The topological polar surface area (TPSA) is 107 Å². The molecular weight excluding hydrogens is 344 g/mol. The SMILES string of the molecule is O=[N+]([O-])c1cccc([N+](=O)[O-])c1Cc1ccc(Br)cc1O. The molecule has 0 aliphatic rings. The van der Waals surface area contributed by atoms with E-state index in [1.165, 1.54) is 24.3 Å². The number of nitro benzene ring substituents is 2. The summed E-state index contributed by atoms with van der Waals surface area (Å²) in [5.74, 6) is -0.0863. The van der Waals surface area contributed by atoms with Gasteiger partial charge >= 0.3 is 0 Å². The van der Waals surface area contributed by atoms with Crippen molar-refractivity contribution in [2.24, 2.45) is 0 Å². The van der Waals surface area contributed by atoms with Crippen molar-refractivity contribution < 1.29 is 15.0 Å². The number of rotatable bonds is 4. The minimum absolute atomic E-state index is 0.0369. The minimum Gasteiger partial charge on any atom is -0.508 e. The fourth-order valence-electron chi connectivity index (χ4n) is 1.96. The number of benzene rings is 2. The Morgan fingerprint density at radius 1 is 1.05 bits per heavy atom. The second-order valence-electron chi connectivity index (χ2n) is 4.24. The summed E-state index contributed by atoms with van der Waals surface area (Å²) in [4.78, 5) is 20.7. The van der Waals surface area contributed by atoms with Gasteiger partial charge in [-0.15, -0.1) is 0 Å². The number of hydrogen-bond acceptors (Lipinski definition) is 5. The lowest BCUT2D eigenvalue weighted by Gasteiger charge is -2.07. The Bertz CT molecular complexity index is 700. The molecule has 0 amide bonds. The number of phenolic OH excluding ortho intramolecular Hbond substituents is 1. The van der Waals surface area contributed by atoms with Crippen LogP contribution in [0.3, 0.4) is 0 Å². The highest BCUT2D eigenvalue weighted by atomic mass is 79.9. The standard InChI is InChI=1S/C13H9BrN2O5/c14-9-5-4-8(13(17)7-9)6-10-11(15(18)19)2-1-3-12(10)16(20)21/h1-5,7,17H,6H2. The van der Waals surface area contributed by atoms with Crippen molar-refractivity contribution in [3.05, 3.63) is 72.2 Å². The van der Waals surface area contributed by atoms with Crippen LogP contribution in [0, 0.1) is 20.2 Å². The van der Waals surface area contributed by atoms with Crippen LogP contribution in [-0.2, 0) is 6.42 Å². The zero-order valence-electron chi connectivity index (χ0n) is 10.5. The highest BCUT2D eigenvalue weighted by Gasteiger charge is 2.25. The Morgan fingerprint density at radius 3 is 2.10 bits per heavy atom. The molecule has 2 aromatic rings. The third-order valence-electron chi connectivity index (χ3n) is 2.93. The Morgan fingerprint density at radius 2 is 1.62 bits per heavy atom. The number of hydrogen-bond donors (Lipinski definition) is 1. The molecule has 21 heavy (non-hydrogen) atoms. The van der Waals surface area contributed by atoms with E-state index < -0.39 is 9.85 Å². The average Bonchev–Trinajstić information content (AvgIpc) is 2.41. The summed E-state index contributed by atoms with van der Waals surface area (Å²) >= 11 is 3.18. The molecule has 0 bridgehead atoms. The molecule has 0 atom stereocenters. The second kappa shape index (κ2) is 5.88. The molecule has 0 unspecified atom stereocenters. The summed E-state index contributed by atoms with van der Waals surface area (Å²) in [6, 6.07) is 8.31. The molecule has 0 saturated heterocycles. The van der Waals surface area contributed by atoms with Gasteiger partial charge in [-0.3, -0.25) is 20.2 Å². The van der Waals surface area contributed by atoms with Crippen molar-refractivity contribution in [1.29, 1.82) is 0 Å². The number of nitrogens with zero attached hydrogens (tertiary/aromatic N) is 2. The lowest BCUT2D eigenvalue weighted by molar-refractivity contribution is -0.395. The van der Waals surface area contributed by atoms with Crippen molar-refractivity contribution in [1.82, 2.24) is 0 Å². The molecule has 0 radical (unpaired) electrons. The summed E-state index contributed by atoms with van der Waals surface area (Å²) in [5, 5.41) is 31.9. The van der Waals surface area contributed by atoms with Crippen LogP contribution < -0.4 is 0 Å². The molecule has 0 fully saturated rings. The Hall–Kier alpha value is -2.48. The predicted molar refractivity (Wildman–Crippen MR) is 78.4 cm³/mol. The number of halogens is 1. The largest absolute Gasteiger partial charge is 0.508 e. The van der Waals surface area contributed by atoms with Crippen LogP contribution in [0.15, 0.2) is 40.9 Å². The molecule has 2 rings (SSSR count). The predicted octanol–water partition coefficient (Wildman–Crippen LogP) is 3.56. The molecule has 0 spiro atoms. The summed E-state index contributed by atoms with van der Waals surface area (Å²) in [7, 11) is 0. The van der Waals surface area contributed by atoms with Gasteiger partial charge in [-0.2, -0.15) is 0 Å². The lowest BCUT2D eigenvalue weighted by atomic mass is 10.0. The van der Waals surface area contributed by atoms with Gasteiger partial charge in [-0.25, -0.2) is 0 Å². The number of nitro groups is 2. The van der Waals surface area contributed by atoms with Crippen molar-refractivity contribution in [3.63, 3.8) is 0 Å². The lowest BCUT2D eigenvalue weighted by Crippen LogP contribution is -2.02. The van der Waals surface area contributed by atoms with Crippen molar-refractivity contribution in [2.45, 2.75) is 6.42 Å². The zero-order chi connectivity index (χ0) is 15.6. The van der Waals surface area contributed by atoms with Gasteiger partial charge in [0.2, 0.25) is 0 Å². The van der Waals surface area contributed by atoms with Crippen molar-refractivity contribution >= 4 is 27.3 Å². The summed E-state index contributed by atoms with van der Waals surface area (Å²) in [6.45, 7) is 0. The fourth-order valence-corrected chi connectivity index (χ4v) is 2.31. The van der Waals surface area contributed by atoms with Crippen LogP contribution in [0.2, 0.25) is 0 Å². The van der Waals surface area contributed by atoms with Gasteiger partial charge < -0.3 is 5.11 Å². The third-order valence-corrected chi connectivity index (χ3v) is 3.43. The van der Waals surface area contributed by atoms with Crippen LogP contribution >= 0.6 is 15.9 Å². The molecule has 0 aromatic heterocycles. The maximum Gasteiger partial charge on any atom is 0.279 e. The van der Waals surface area contributed by atoms with E-state index in [4.69, 9.17) is 0 Å². The van der Waals surface area contributed by atoms with Gasteiger partial charge in [0.1, 0.15) is 11.3 Å². The van der Waals surface area contributed by atoms with Gasteiger partial charge in [-0.05, 0) is 23.8 Å². The maximum absolute atomic E-state index is 11.0. The Kier molecular flexibility index (Phi) is 4.18. The van der Waals surface area contributed by atoms with Gasteiger partial charge in [0.15, 0.2) is 0 Å². The van der Waals surface area contributed by atoms with Gasteiger partial charge in [-0.1, -0.05) is 22.0 Å². The van der Waals surface area contributed by atoms with Gasteiger partial charge in [0.25, 0.3) is 11.4 Å². The van der Waals surface area contributed by atoms with Crippen LogP contribution in [0.1, 0.15) is 11.1 Å². The maximum atomic E-state index is 11.0. The van der Waals surface area contributed by atoms with E-state index in [2.05, 4.69) is 15.9 Å². The Balaban J connectivity index is 2.56. The fraction of sp³-hybridized carbons (Fsp3) is 0.0769. The van der Waals surface area contributed by atoms with E-state index >= 15 is 0 Å². The average molecular weight is 353 g/mol. The number of aromatic hydroxyl groups is 1. The molecule has 8 heteroatoms. The number of phenols is 1. The van der Waals surface area contributed by atoms with E-state index in [1.807, 2.05) is 0 Å². The first-order valence-electron chi connectivity index (χ1n) is 5.78. The quantitative estimate of drug-likeness (QED) is 0.668. The van der Waals surface area contributed by atoms with E-state index in [-0.39, 0.29) is 29.1 Å². The van der Waals surface area contributed by atoms with Crippen LogP contribution in [0.4, 0.5) is 11.4 Å². The van der Waals surface area contributed by atoms with E-state index in [0.29, 0.717) is 10.0 Å². The highest BCUT2D eigenvalue weighted by molar-refractivity contribution is 9.10. The first-order chi connectivity index (χ1) is 9.90. The monoisotopic (exact) mass is 352 g/mol. The smallest absolute Gasteiger partial charge is 0.279 e. The first-order valence-corrected chi connectivity index (χ1v) is 6.57. The van der Waals surface area contributed by atoms with E-state index in [0.717, 1.165) is 0 Å². The zero-order valence-corrected chi connectivity index (χ0v) is 12.1. The second-order valence-corrected chi connectivity index (χ2v) is 5.15. The van der Waals surface area contributed by atoms with Crippen molar-refractivity contribution in [2.75, 3.05) is 0 Å². The van der Waals surface area contributed by atoms with Crippen LogP contribution in [0.5, 0.6) is 5.75 Å². The van der Waals surface area contributed by atoms with Crippen molar-refractivity contribution in [3.8, 4) is 5.75 Å². The minimum atomic E-state index is -0.668. The summed E-state index contributed by atoms with van der Waals surface area (Å²) in [5.41, 5.74) is -0.348. The molecule has 0 aliphatic heterocycles. The highest BCUT2D eigenvalue weighted by Crippen LogP contribution is 2.33. The van der Waals surface area contributed by atoms with E-state index in [1.54, 1.807) is 12.1 Å².